The Balaban J connectivity index is 0.00000400. The Kier molecular flexibility index (Phi) is 10.9. The van der Waals surface area contributed by atoms with Gasteiger partial charge in [-0.2, -0.15) is 6.42 Å². The van der Waals surface area contributed by atoms with E-state index in [1.807, 2.05) is 18.6 Å². The molecule has 0 atom stereocenters. The van der Waals surface area contributed by atoms with Gasteiger partial charge in [0.05, 0.1) is 0 Å². The number of Topliss-reactive ketones (excluding diaryl/α,β-unsaturated/α-hetero) is 1. The summed E-state index contributed by atoms with van der Waals surface area (Å²) in [5, 5.41) is 0. The molecule has 0 saturated heterocycles. The molecule has 0 spiro atoms. The zero-order chi connectivity index (χ0) is 15.0. The second-order valence-corrected chi connectivity index (χ2v) is 4.94. The quantitative estimate of drug-likeness (QED) is 0.372. The molecule has 0 saturated carbocycles. The van der Waals surface area contributed by atoms with Gasteiger partial charge in [-0.1, -0.05) is 32.6 Å². The summed E-state index contributed by atoms with van der Waals surface area (Å²) >= 11 is 0. The molecule has 1 aromatic rings. The van der Waals surface area contributed by atoms with E-state index in [1.54, 1.807) is 6.92 Å². The number of unbranched alkanes of at least 4 members (excludes halogenated alkanes) is 1. The maximum atomic E-state index is 11.4. The molecule has 0 aromatic heterocycles. The van der Waals surface area contributed by atoms with Crippen molar-refractivity contribution in [3.05, 3.63) is 47.9 Å². The van der Waals surface area contributed by atoms with Crippen molar-refractivity contribution >= 4 is 5.78 Å². The number of allylic oxidation sites excluding steroid dienone is 1. The van der Waals surface area contributed by atoms with Crippen molar-refractivity contribution in [1.82, 2.24) is 0 Å². The number of hydrogen-bond acceptors (Lipinski definition) is 2. The summed E-state index contributed by atoms with van der Waals surface area (Å²) in [6, 6.07) is 6.21. The van der Waals surface area contributed by atoms with Crippen LogP contribution in [0.15, 0.2) is 30.4 Å². The molecule has 0 amide bonds. The molecule has 0 N–H and O–H groups in total. The minimum absolute atomic E-state index is 0. The van der Waals surface area contributed by atoms with Gasteiger partial charge in [-0.15, -0.1) is 0 Å². The number of ether oxygens (including phenoxy) is 1. The van der Waals surface area contributed by atoms with Crippen LogP contribution < -0.4 is 4.74 Å². The van der Waals surface area contributed by atoms with Gasteiger partial charge in [-0.3, -0.25) is 11.2 Å². The summed E-state index contributed by atoms with van der Waals surface area (Å²) < 4.78 is 5.82. The minimum atomic E-state index is 0. The molecule has 113 valence electrons. The number of carbonyl (C=O) groups is 1. The molecular formula is C18H25O2Y-. The van der Waals surface area contributed by atoms with Crippen LogP contribution in [-0.2, 0) is 50.3 Å². The molecule has 0 bridgehead atoms. The third-order valence-electron chi connectivity index (χ3n) is 3.37. The van der Waals surface area contributed by atoms with E-state index in [0.29, 0.717) is 18.6 Å². The van der Waals surface area contributed by atoms with Crippen LogP contribution in [0.25, 0.3) is 0 Å². The first-order valence-electron chi connectivity index (χ1n) is 7.34. The Morgan fingerprint density at radius 1 is 1.29 bits per heavy atom. The van der Waals surface area contributed by atoms with E-state index in [4.69, 9.17) is 4.74 Å². The van der Waals surface area contributed by atoms with Gasteiger partial charge < -0.3 is 4.74 Å². The van der Waals surface area contributed by atoms with Crippen LogP contribution in [-0.4, -0.2) is 12.4 Å². The largest absolute Gasteiger partial charge is 0.525 e. The molecular weight excluding hydrogens is 337 g/mol. The maximum Gasteiger partial charge on any atom is 0.155 e. The number of aryl methyl sites for hydroxylation is 1. The smallest absolute Gasteiger partial charge is 0.155 e. The predicted octanol–water partition coefficient (Wildman–Crippen LogP) is 4.32. The molecule has 1 rings (SSSR count). The summed E-state index contributed by atoms with van der Waals surface area (Å²) in [5.41, 5.74) is 3.27. The van der Waals surface area contributed by atoms with Gasteiger partial charge in [0.1, 0.15) is 5.75 Å². The van der Waals surface area contributed by atoms with Crippen molar-refractivity contribution < 1.29 is 42.2 Å². The Hall–Kier alpha value is -0.466. The molecule has 1 radical (unpaired) electrons. The van der Waals surface area contributed by atoms with Crippen LogP contribution in [0.5, 0.6) is 5.75 Å². The summed E-state index contributed by atoms with van der Waals surface area (Å²) in [5.74, 6) is 1.10. The normalized spacial score (nSPS) is 9.86. The average molecular weight is 362 g/mol. The SMILES string of the molecule is C=C(C)C(=O)CC[CH-]COc1cccc(CC)c1CC.[Y]. The summed E-state index contributed by atoms with van der Waals surface area (Å²) in [7, 11) is 0. The topological polar surface area (TPSA) is 26.3 Å². The van der Waals surface area contributed by atoms with E-state index in [0.717, 1.165) is 25.0 Å². The molecule has 0 fully saturated rings. The van der Waals surface area contributed by atoms with Gasteiger partial charge in [0.25, 0.3) is 0 Å². The molecule has 1 aromatic carbocycles. The summed E-state index contributed by atoms with van der Waals surface area (Å²) in [6.45, 7) is 10.3. The average Bonchev–Trinajstić information content (AvgIpc) is 2.45. The zero-order valence-corrected chi connectivity index (χ0v) is 16.3. The fourth-order valence-corrected chi connectivity index (χ4v) is 2.16. The third-order valence-corrected chi connectivity index (χ3v) is 3.37. The van der Waals surface area contributed by atoms with Crippen LogP contribution in [0.1, 0.15) is 44.7 Å². The maximum absolute atomic E-state index is 11.4. The molecule has 2 nitrogen and oxygen atoms in total. The first-order valence-corrected chi connectivity index (χ1v) is 7.34. The fourth-order valence-electron chi connectivity index (χ4n) is 2.16. The zero-order valence-electron chi connectivity index (χ0n) is 13.4. The van der Waals surface area contributed by atoms with Gasteiger partial charge in [0.2, 0.25) is 0 Å². The van der Waals surface area contributed by atoms with Gasteiger partial charge in [0.15, 0.2) is 5.78 Å². The molecule has 0 heterocycles. The van der Waals surface area contributed by atoms with Gasteiger partial charge in [-0.25, -0.2) is 0 Å². The predicted molar refractivity (Wildman–Crippen MR) is 84.0 cm³/mol. The fraction of sp³-hybridized carbons (Fsp3) is 0.444. The van der Waals surface area contributed by atoms with Gasteiger partial charge in [0, 0.05) is 32.7 Å². The van der Waals surface area contributed by atoms with Crippen LogP contribution in [0.2, 0.25) is 0 Å². The Labute approximate surface area is 154 Å². The van der Waals surface area contributed by atoms with Crippen molar-refractivity contribution in [2.24, 2.45) is 0 Å². The van der Waals surface area contributed by atoms with Gasteiger partial charge >= 0.3 is 0 Å². The number of rotatable bonds is 9. The summed E-state index contributed by atoms with van der Waals surface area (Å²) in [4.78, 5) is 11.4. The molecule has 0 unspecified atom stereocenters. The van der Waals surface area contributed by atoms with Crippen molar-refractivity contribution in [3.8, 4) is 5.75 Å². The van der Waals surface area contributed by atoms with E-state index in [2.05, 4.69) is 26.5 Å². The van der Waals surface area contributed by atoms with E-state index in [1.165, 1.54) is 11.1 Å². The van der Waals surface area contributed by atoms with E-state index in [9.17, 15) is 4.79 Å². The monoisotopic (exact) mass is 362 g/mol. The second kappa shape index (κ2) is 11.1. The van der Waals surface area contributed by atoms with E-state index < -0.39 is 0 Å². The van der Waals surface area contributed by atoms with Crippen molar-refractivity contribution in [2.75, 3.05) is 6.61 Å². The molecule has 21 heavy (non-hydrogen) atoms. The number of carbonyl (C=O) groups excluding carboxylic acids is 1. The summed E-state index contributed by atoms with van der Waals surface area (Å²) in [6.07, 6.45) is 5.28. The molecule has 3 heteroatoms. The van der Waals surface area contributed by atoms with Crippen LogP contribution in [0.3, 0.4) is 0 Å². The Morgan fingerprint density at radius 3 is 2.57 bits per heavy atom. The van der Waals surface area contributed by atoms with Gasteiger partial charge in [-0.05, 0) is 55.6 Å². The Bertz CT molecular complexity index is 466. The van der Waals surface area contributed by atoms with Crippen molar-refractivity contribution in [1.29, 1.82) is 0 Å². The third kappa shape index (κ3) is 6.89. The van der Waals surface area contributed by atoms with Crippen LogP contribution >= 0.6 is 0 Å². The Morgan fingerprint density at radius 2 is 2.00 bits per heavy atom. The first kappa shape index (κ1) is 20.5. The van der Waals surface area contributed by atoms with Crippen LogP contribution in [0.4, 0.5) is 0 Å². The van der Waals surface area contributed by atoms with Crippen molar-refractivity contribution in [3.63, 3.8) is 0 Å². The van der Waals surface area contributed by atoms with Crippen LogP contribution in [0, 0.1) is 6.42 Å². The minimum Gasteiger partial charge on any atom is -0.525 e. The molecule has 0 aliphatic carbocycles. The van der Waals surface area contributed by atoms with E-state index >= 15 is 0 Å². The standard InChI is InChI=1S/C18H25O2.Y/c1-5-15-10-9-12-18(16(15)6-2)20-13-8-7-11-17(19)14(3)4;/h8-10,12H,3,5-7,11,13H2,1-2,4H3;/q-1;. The number of ketones is 1. The van der Waals surface area contributed by atoms with Crippen molar-refractivity contribution in [2.45, 2.75) is 46.5 Å². The molecule has 0 aliphatic heterocycles. The first-order chi connectivity index (χ1) is 9.60. The number of hydrogen-bond donors (Lipinski definition) is 0. The van der Waals surface area contributed by atoms with E-state index in [-0.39, 0.29) is 38.5 Å². The second-order valence-electron chi connectivity index (χ2n) is 4.94. The molecule has 0 aliphatic rings. The number of benzene rings is 1.